The average Bonchev–Trinajstić information content (AvgIpc) is 2.64. The molecule has 0 saturated carbocycles. The van der Waals surface area contributed by atoms with E-state index < -0.39 is 30.0 Å². The van der Waals surface area contributed by atoms with Gasteiger partial charge in [0.1, 0.15) is 5.75 Å². The number of ether oxygens (including phenoxy) is 1. The van der Waals surface area contributed by atoms with Gasteiger partial charge < -0.3 is 15.4 Å². The number of carbonyl (C=O) groups is 2. The molecule has 0 aliphatic heterocycles. The Morgan fingerprint density at radius 2 is 1.44 bits per heavy atom. The highest BCUT2D eigenvalue weighted by molar-refractivity contribution is 5.79. The molecule has 0 unspecified atom stereocenters. The first-order valence-electron chi connectivity index (χ1n) is 8.22. The molecule has 0 radical (unpaired) electrons. The van der Waals surface area contributed by atoms with E-state index in [-0.39, 0.29) is 25.4 Å². The molecule has 0 saturated heterocycles. The Labute approximate surface area is 154 Å². The maximum Gasteiger partial charge on any atom is 0.419 e. The molecule has 0 aromatic heterocycles. The van der Waals surface area contributed by atoms with Gasteiger partial charge in [-0.05, 0) is 17.7 Å². The van der Waals surface area contributed by atoms with Crippen LogP contribution in [0.5, 0.6) is 5.75 Å². The summed E-state index contributed by atoms with van der Waals surface area (Å²) in [6.07, 6.45) is -4.33. The molecule has 0 spiro atoms. The Bertz CT molecular complexity index is 764. The van der Waals surface area contributed by atoms with Crippen LogP contribution in [0.3, 0.4) is 0 Å². The maximum absolute atomic E-state index is 12.8. The van der Waals surface area contributed by atoms with Crippen molar-refractivity contribution < 1.29 is 27.5 Å². The molecule has 0 fully saturated rings. The van der Waals surface area contributed by atoms with Gasteiger partial charge in [0.05, 0.1) is 12.0 Å². The van der Waals surface area contributed by atoms with Crippen LogP contribution in [0, 0.1) is 0 Å². The Hall–Kier alpha value is -3.03. The minimum atomic E-state index is -4.56. The van der Waals surface area contributed by atoms with Crippen molar-refractivity contribution in [3.8, 4) is 5.75 Å². The standard InChI is InChI=1S/C19H19F3N2O3/c20-19(21,22)15-8-4-5-9-16(15)27-13-18(26)24-11-10-23-17(25)12-14-6-2-1-3-7-14/h1-9H,10-13H2,(H,23,25)(H,24,26). The smallest absolute Gasteiger partial charge is 0.419 e. The molecular formula is C19H19F3N2O3. The lowest BCUT2D eigenvalue weighted by Gasteiger charge is -2.13. The molecule has 2 rings (SSSR count). The first-order valence-corrected chi connectivity index (χ1v) is 8.22. The first kappa shape index (κ1) is 20.3. The van der Waals surface area contributed by atoms with Gasteiger partial charge in [0.25, 0.3) is 5.91 Å². The van der Waals surface area contributed by atoms with E-state index in [0.29, 0.717) is 0 Å². The lowest BCUT2D eigenvalue weighted by atomic mass is 10.1. The number of hydrogen-bond acceptors (Lipinski definition) is 3. The van der Waals surface area contributed by atoms with Gasteiger partial charge in [0, 0.05) is 13.1 Å². The van der Waals surface area contributed by atoms with E-state index >= 15 is 0 Å². The van der Waals surface area contributed by atoms with Crippen LogP contribution in [0.4, 0.5) is 13.2 Å². The third-order valence-corrected chi connectivity index (χ3v) is 3.53. The van der Waals surface area contributed by atoms with Crippen LogP contribution in [0.1, 0.15) is 11.1 Å². The van der Waals surface area contributed by atoms with Crippen molar-refractivity contribution in [3.05, 3.63) is 65.7 Å². The summed E-state index contributed by atoms with van der Waals surface area (Å²) in [4.78, 5) is 23.4. The SMILES string of the molecule is O=C(COc1ccccc1C(F)(F)F)NCCNC(=O)Cc1ccccc1. The Balaban J connectivity index is 1.68. The van der Waals surface area contributed by atoms with E-state index in [1.807, 2.05) is 30.3 Å². The molecule has 2 N–H and O–H groups in total. The fraction of sp³-hybridized carbons (Fsp3) is 0.263. The van der Waals surface area contributed by atoms with Crippen LogP contribution in [0.15, 0.2) is 54.6 Å². The fourth-order valence-electron chi connectivity index (χ4n) is 2.27. The molecule has 2 aromatic carbocycles. The molecule has 0 atom stereocenters. The summed E-state index contributed by atoms with van der Waals surface area (Å²) in [5.41, 5.74) is -0.0678. The molecule has 0 aliphatic rings. The number of rotatable bonds is 8. The quantitative estimate of drug-likeness (QED) is 0.692. The van der Waals surface area contributed by atoms with Crippen molar-refractivity contribution in [2.75, 3.05) is 19.7 Å². The lowest BCUT2D eigenvalue weighted by molar-refractivity contribution is -0.139. The highest BCUT2D eigenvalue weighted by Crippen LogP contribution is 2.35. The van der Waals surface area contributed by atoms with E-state index in [4.69, 9.17) is 4.74 Å². The highest BCUT2D eigenvalue weighted by Gasteiger charge is 2.34. The van der Waals surface area contributed by atoms with Crippen LogP contribution < -0.4 is 15.4 Å². The van der Waals surface area contributed by atoms with E-state index in [0.717, 1.165) is 17.7 Å². The monoisotopic (exact) mass is 380 g/mol. The van der Waals surface area contributed by atoms with E-state index in [1.165, 1.54) is 12.1 Å². The van der Waals surface area contributed by atoms with Gasteiger partial charge in [-0.1, -0.05) is 42.5 Å². The number of hydrogen-bond donors (Lipinski definition) is 2. The summed E-state index contributed by atoms with van der Waals surface area (Å²) < 4.78 is 43.5. The van der Waals surface area contributed by atoms with Crippen molar-refractivity contribution in [1.82, 2.24) is 10.6 Å². The highest BCUT2D eigenvalue weighted by atomic mass is 19.4. The normalized spacial score (nSPS) is 10.9. The molecule has 27 heavy (non-hydrogen) atoms. The molecule has 0 aliphatic carbocycles. The van der Waals surface area contributed by atoms with Gasteiger partial charge >= 0.3 is 6.18 Å². The molecule has 2 amide bonds. The van der Waals surface area contributed by atoms with Gasteiger partial charge in [-0.2, -0.15) is 13.2 Å². The molecule has 8 heteroatoms. The minimum absolute atomic E-state index is 0.143. The summed E-state index contributed by atoms with van der Waals surface area (Å²) in [6, 6.07) is 13.9. The molecule has 2 aromatic rings. The van der Waals surface area contributed by atoms with Crippen molar-refractivity contribution in [1.29, 1.82) is 0 Å². The minimum Gasteiger partial charge on any atom is -0.483 e. The van der Waals surface area contributed by atoms with E-state index in [1.54, 1.807) is 0 Å². The lowest BCUT2D eigenvalue weighted by Crippen LogP contribution is -2.37. The predicted molar refractivity (Wildman–Crippen MR) is 93.1 cm³/mol. The molecule has 5 nitrogen and oxygen atoms in total. The molecule has 0 bridgehead atoms. The zero-order valence-corrected chi connectivity index (χ0v) is 14.4. The van der Waals surface area contributed by atoms with Gasteiger partial charge in [-0.25, -0.2) is 0 Å². The van der Waals surface area contributed by atoms with Crippen LogP contribution in [-0.4, -0.2) is 31.5 Å². The van der Waals surface area contributed by atoms with Gasteiger partial charge in [0.15, 0.2) is 6.61 Å². The Morgan fingerprint density at radius 1 is 0.852 bits per heavy atom. The summed E-state index contributed by atoms with van der Waals surface area (Å²) in [5, 5.41) is 5.12. The largest absolute Gasteiger partial charge is 0.483 e. The van der Waals surface area contributed by atoms with Crippen molar-refractivity contribution >= 4 is 11.8 Å². The van der Waals surface area contributed by atoms with Crippen molar-refractivity contribution in [3.63, 3.8) is 0 Å². The predicted octanol–water partition coefficient (Wildman–Crippen LogP) is 2.56. The number of halogens is 3. The zero-order valence-electron chi connectivity index (χ0n) is 14.4. The third-order valence-electron chi connectivity index (χ3n) is 3.53. The summed E-state index contributed by atoms with van der Waals surface area (Å²) >= 11 is 0. The second-order valence-corrected chi connectivity index (χ2v) is 5.64. The maximum atomic E-state index is 12.8. The second-order valence-electron chi connectivity index (χ2n) is 5.64. The Morgan fingerprint density at radius 3 is 2.11 bits per heavy atom. The van der Waals surface area contributed by atoms with Crippen LogP contribution in [0.2, 0.25) is 0 Å². The molecule has 0 heterocycles. The van der Waals surface area contributed by atoms with E-state index in [2.05, 4.69) is 10.6 Å². The first-order chi connectivity index (χ1) is 12.9. The van der Waals surface area contributed by atoms with Crippen molar-refractivity contribution in [2.45, 2.75) is 12.6 Å². The number of alkyl halides is 3. The number of carbonyl (C=O) groups excluding carboxylic acids is 2. The molecular weight excluding hydrogens is 361 g/mol. The third kappa shape index (κ3) is 7.01. The van der Waals surface area contributed by atoms with Crippen LogP contribution in [0.25, 0.3) is 0 Å². The molecule has 144 valence electrons. The number of benzene rings is 2. The number of nitrogens with one attached hydrogen (secondary N) is 2. The van der Waals surface area contributed by atoms with Gasteiger partial charge in [-0.15, -0.1) is 0 Å². The number of amides is 2. The fourth-order valence-corrected chi connectivity index (χ4v) is 2.27. The van der Waals surface area contributed by atoms with Gasteiger partial charge in [-0.3, -0.25) is 9.59 Å². The van der Waals surface area contributed by atoms with E-state index in [9.17, 15) is 22.8 Å². The van der Waals surface area contributed by atoms with Crippen LogP contribution >= 0.6 is 0 Å². The van der Waals surface area contributed by atoms with Gasteiger partial charge in [0.2, 0.25) is 5.91 Å². The summed E-state index contributed by atoms with van der Waals surface area (Å²) in [5.74, 6) is -1.17. The van der Waals surface area contributed by atoms with Crippen LogP contribution in [-0.2, 0) is 22.2 Å². The summed E-state index contributed by atoms with van der Waals surface area (Å²) in [7, 11) is 0. The topological polar surface area (TPSA) is 67.4 Å². The number of para-hydroxylation sites is 1. The second kappa shape index (κ2) is 9.61. The Kier molecular flexibility index (Phi) is 7.22. The average molecular weight is 380 g/mol. The van der Waals surface area contributed by atoms with Crippen molar-refractivity contribution in [2.24, 2.45) is 0 Å². The summed E-state index contributed by atoms with van der Waals surface area (Å²) in [6.45, 7) is -0.203. The zero-order chi connectivity index (χ0) is 19.7.